The van der Waals surface area contributed by atoms with E-state index >= 15 is 0 Å². The van der Waals surface area contributed by atoms with E-state index < -0.39 is 0 Å². The zero-order valence-electron chi connectivity index (χ0n) is 10.0. The molecular formula is C15H13NS2. The first-order valence-electron chi connectivity index (χ1n) is 5.81. The molecule has 0 fully saturated rings. The number of para-hydroxylation sites is 1. The Morgan fingerprint density at radius 1 is 1.00 bits per heavy atom. The number of fused-ring (bicyclic) bond motifs is 1. The van der Waals surface area contributed by atoms with Crippen molar-refractivity contribution in [2.45, 2.75) is 5.25 Å². The van der Waals surface area contributed by atoms with E-state index in [1.54, 1.807) is 11.8 Å². The molecule has 1 aliphatic rings. The molecule has 18 heavy (non-hydrogen) atoms. The molecule has 2 aromatic carbocycles. The Labute approximate surface area is 116 Å². The number of benzene rings is 2. The molecule has 1 aliphatic heterocycles. The number of thioether (sulfide) groups is 2. The normalized spacial score (nSPS) is 18.1. The molecule has 2 aromatic rings. The lowest BCUT2D eigenvalue weighted by Crippen LogP contribution is -2.04. The van der Waals surface area contributed by atoms with Crippen molar-refractivity contribution in [1.82, 2.24) is 0 Å². The van der Waals surface area contributed by atoms with Crippen molar-refractivity contribution < 1.29 is 0 Å². The third-order valence-electron chi connectivity index (χ3n) is 2.93. The maximum atomic E-state index is 4.68. The van der Waals surface area contributed by atoms with Gasteiger partial charge in [0.05, 0.1) is 10.9 Å². The first-order chi connectivity index (χ1) is 8.88. The SMILES string of the molecule is CSC1=Nc2ccccc2C(c2ccccc2)S1. The first kappa shape index (κ1) is 11.9. The minimum absolute atomic E-state index is 0.363. The average molecular weight is 271 g/mol. The Morgan fingerprint density at radius 3 is 2.50 bits per heavy atom. The van der Waals surface area contributed by atoms with Gasteiger partial charge in [-0.05, 0) is 23.4 Å². The topological polar surface area (TPSA) is 12.4 Å². The zero-order valence-corrected chi connectivity index (χ0v) is 11.7. The van der Waals surface area contributed by atoms with Crippen LogP contribution in [-0.2, 0) is 0 Å². The van der Waals surface area contributed by atoms with Crippen molar-refractivity contribution in [2.24, 2.45) is 4.99 Å². The number of hydrogen-bond acceptors (Lipinski definition) is 3. The van der Waals surface area contributed by atoms with Crippen molar-refractivity contribution in [3.8, 4) is 0 Å². The van der Waals surface area contributed by atoms with Crippen LogP contribution in [0.4, 0.5) is 5.69 Å². The van der Waals surface area contributed by atoms with Crippen LogP contribution in [0.5, 0.6) is 0 Å². The summed E-state index contributed by atoms with van der Waals surface area (Å²) in [6, 6.07) is 19.1. The van der Waals surface area contributed by atoms with Gasteiger partial charge in [0.25, 0.3) is 0 Å². The minimum atomic E-state index is 0.363. The predicted molar refractivity (Wildman–Crippen MR) is 82.9 cm³/mol. The standard InChI is InChI=1S/C15H13NS2/c1-17-15-16-13-10-6-5-9-12(13)14(18-15)11-7-3-2-4-8-11/h2-10,14H,1H3. The molecule has 3 heteroatoms. The van der Waals surface area contributed by atoms with Crippen LogP contribution < -0.4 is 0 Å². The molecule has 0 radical (unpaired) electrons. The van der Waals surface area contributed by atoms with E-state index in [0.29, 0.717) is 5.25 Å². The van der Waals surface area contributed by atoms with Crippen molar-refractivity contribution in [2.75, 3.05) is 6.26 Å². The molecule has 0 saturated heterocycles. The van der Waals surface area contributed by atoms with Crippen LogP contribution in [-0.4, -0.2) is 10.6 Å². The lowest BCUT2D eigenvalue weighted by molar-refractivity contribution is 1.15. The Hall–Kier alpha value is -1.19. The number of aliphatic imine (C=N–C) groups is 1. The molecule has 3 rings (SSSR count). The number of nitrogens with zero attached hydrogens (tertiary/aromatic N) is 1. The largest absolute Gasteiger partial charge is 0.235 e. The molecule has 1 heterocycles. The van der Waals surface area contributed by atoms with Gasteiger partial charge in [0, 0.05) is 0 Å². The van der Waals surface area contributed by atoms with Crippen LogP contribution in [0.25, 0.3) is 0 Å². The Balaban J connectivity index is 2.09. The van der Waals surface area contributed by atoms with Gasteiger partial charge < -0.3 is 0 Å². The van der Waals surface area contributed by atoms with Crippen molar-refractivity contribution in [3.63, 3.8) is 0 Å². The van der Waals surface area contributed by atoms with Gasteiger partial charge in [0.1, 0.15) is 4.38 Å². The molecule has 1 nitrogen and oxygen atoms in total. The third kappa shape index (κ3) is 2.20. The van der Waals surface area contributed by atoms with Crippen LogP contribution in [0.15, 0.2) is 59.6 Å². The highest BCUT2D eigenvalue weighted by Gasteiger charge is 2.24. The molecule has 0 amide bonds. The highest BCUT2D eigenvalue weighted by Crippen LogP contribution is 2.46. The van der Waals surface area contributed by atoms with Crippen LogP contribution >= 0.6 is 23.5 Å². The van der Waals surface area contributed by atoms with E-state index in [-0.39, 0.29) is 0 Å². The zero-order chi connectivity index (χ0) is 12.4. The Morgan fingerprint density at radius 2 is 1.72 bits per heavy atom. The van der Waals surface area contributed by atoms with Crippen molar-refractivity contribution >= 4 is 33.6 Å². The third-order valence-corrected chi connectivity index (χ3v) is 5.21. The van der Waals surface area contributed by atoms with Crippen LogP contribution in [0.2, 0.25) is 0 Å². The molecule has 0 N–H and O–H groups in total. The molecular weight excluding hydrogens is 258 g/mol. The lowest BCUT2D eigenvalue weighted by atomic mass is 10.0. The van der Waals surface area contributed by atoms with E-state index in [2.05, 4.69) is 65.8 Å². The smallest absolute Gasteiger partial charge is 0.131 e. The Kier molecular flexibility index (Phi) is 3.43. The maximum absolute atomic E-state index is 4.68. The summed E-state index contributed by atoms with van der Waals surface area (Å²) in [7, 11) is 0. The average Bonchev–Trinajstić information content (AvgIpc) is 2.47. The van der Waals surface area contributed by atoms with E-state index in [1.807, 2.05) is 11.8 Å². The first-order valence-corrected chi connectivity index (χ1v) is 7.92. The molecule has 1 atom stereocenters. The summed E-state index contributed by atoms with van der Waals surface area (Å²) in [6.07, 6.45) is 2.09. The second kappa shape index (κ2) is 5.21. The van der Waals surface area contributed by atoms with Crippen LogP contribution in [0.1, 0.15) is 16.4 Å². The fourth-order valence-electron chi connectivity index (χ4n) is 2.07. The quantitative estimate of drug-likeness (QED) is 0.733. The fraction of sp³-hybridized carbons (Fsp3) is 0.133. The van der Waals surface area contributed by atoms with E-state index in [9.17, 15) is 0 Å². The molecule has 0 aromatic heterocycles. The maximum Gasteiger partial charge on any atom is 0.131 e. The van der Waals surface area contributed by atoms with Crippen LogP contribution in [0.3, 0.4) is 0 Å². The van der Waals surface area contributed by atoms with Gasteiger partial charge in [-0.15, -0.1) is 11.8 Å². The fourth-order valence-corrected chi connectivity index (χ4v) is 3.90. The van der Waals surface area contributed by atoms with E-state index in [1.165, 1.54) is 11.1 Å². The van der Waals surface area contributed by atoms with E-state index in [4.69, 9.17) is 0 Å². The van der Waals surface area contributed by atoms with Gasteiger partial charge in [-0.1, -0.05) is 60.3 Å². The minimum Gasteiger partial charge on any atom is -0.235 e. The van der Waals surface area contributed by atoms with E-state index in [0.717, 1.165) is 10.1 Å². The monoisotopic (exact) mass is 271 g/mol. The molecule has 90 valence electrons. The summed E-state index contributed by atoms with van der Waals surface area (Å²) < 4.78 is 1.14. The van der Waals surface area contributed by atoms with Gasteiger partial charge in [0.15, 0.2) is 0 Å². The summed E-state index contributed by atoms with van der Waals surface area (Å²) in [6.45, 7) is 0. The summed E-state index contributed by atoms with van der Waals surface area (Å²) in [4.78, 5) is 4.68. The Bertz CT molecular complexity index is 578. The predicted octanol–water partition coefficient (Wildman–Crippen LogP) is 4.87. The second-order valence-corrected chi connectivity index (χ2v) is 6.20. The van der Waals surface area contributed by atoms with Crippen molar-refractivity contribution in [3.05, 3.63) is 65.7 Å². The van der Waals surface area contributed by atoms with Gasteiger partial charge in [0.2, 0.25) is 0 Å². The molecule has 0 saturated carbocycles. The summed E-state index contributed by atoms with van der Waals surface area (Å²) in [5.41, 5.74) is 3.76. The molecule has 1 unspecified atom stereocenters. The summed E-state index contributed by atoms with van der Waals surface area (Å²) in [5, 5.41) is 0.363. The number of hydrogen-bond donors (Lipinski definition) is 0. The van der Waals surface area contributed by atoms with Gasteiger partial charge in [-0.3, -0.25) is 0 Å². The van der Waals surface area contributed by atoms with Gasteiger partial charge >= 0.3 is 0 Å². The highest BCUT2D eigenvalue weighted by molar-refractivity contribution is 8.38. The molecule has 0 spiro atoms. The highest BCUT2D eigenvalue weighted by atomic mass is 32.2. The summed E-state index contributed by atoms with van der Waals surface area (Å²) in [5.74, 6) is 0. The van der Waals surface area contributed by atoms with Crippen LogP contribution in [0, 0.1) is 0 Å². The number of rotatable bonds is 1. The molecule has 0 aliphatic carbocycles. The van der Waals surface area contributed by atoms with Gasteiger partial charge in [-0.25, -0.2) is 4.99 Å². The van der Waals surface area contributed by atoms with Gasteiger partial charge in [-0.2, -0.15) is 0 Å². The molecule has 0 bridgehead atoms. The van der Waals surface area contributed by atoms with Crippen molar-refractivity contribution in [1.29, 1.82) is 0 Å². The lowest BCUT2D eigenvalue weighted by Gasteiger charge is -2.23. The second-order valence-electron chi connectivity index (χ2n) is 4.05. The summed E-state index contributed by atoms with van der Waals surface area (Å²) >= 11 is 3.56.